The number of carbonyl (C=O) groups is 1. The molecule has 1 aliphatic rings. The van der Waals surface area contributed by atoms with Crippen LogP contribution in [0.15, 0.2) is 24.3 Å². The molecular formula is C13H21NO2. The van der Waals surface area contributed by atoms with E-state index in [-0.39, 0.29) is 12.5 Å². The summed E-state index contributed by atoms with van der Waals surface area (Å²) in [5.74, 6) is 0.0992. The predicted octanol–water partition coefficient (Wildman–Crippen LogP) is 1.88. The normalized spacial score (nSPS) is 15.4. The number of aliphatic hydroxyl groups excluding tert-OH is 1. The standard InChI is InChI=1S/C13H21NO2/c1-2-8-14(9-10-15)13(16)11-12-6-4-3-5-7-12/h2,6,15H,1,3-5,7-11H2. The van der Waals surface area contributed by atoms with Gasteiger partial charge in [-0.05, 0) is 25.7 Å². The highest BCUT2D eigenvalue weighted by Gasteiger charge is 2.14. The zero-order chi connectivity index (χ0) is 11.8. The van der Waals surface area contributed by atoms with Gasteiger partial charge in [-0.25, -0.2) is 0 Å². The number of hydrogen-bond donors (Lipinski definition) is 1. The maximum Gasteiger partial charge on any atom is 0.227 e. The Labute approximate surface area is 97.4 Å². The Morgan fingerprint density at radius 3 is 2.94 bits per heavy atom. The number of amides is 1. The van der Waals surface area contributed by atoms with Crippen LogP contribution in [0.2, 0.25) is 0 Å². The molecule has 16 heavy (non-hydrogen) atoms. The Kier molecular flexibility index (Phi) is 5.86. The lowest BCUT2D eigenvalue weighted by molar-refractivity contribution is -0.130. The minimum Gasteiger partial charge on any atom is -0.395 e. The molecule has 0 saturated carbocycles. The third kappa shape index (κ3) is 4.19. The molecule has 0 atom stereocenters. The van der Waals surface area contributed by atoms with Crippen molar-refractivity contribution in [2.75, 3.05) is 19.7 Å². The molecule has 0 radical (unpaired) electrons. The number of nitrogens with zero attached hydrogens (tertiary/aromatic N) is 1. The van der Waals surface area contributed by atoms with Crippen molar-refractivity contribution in [3.8, 4) is 0 Å². The SMILES string of the molecule is C=CCN(CCO)C(=O)CC1=CCCCC1. The van der Waals surface area contributed by atoms with E-state index in [1.54, 1.807) is 11.0 Å². The third-order valence-corrected chi connectivity index (χ3v) is 2.84. The Bertz CT molecular complexity index is 271. The van der Waals surface area contributed by atoms with Crippen LogP contribution in [0.3, 0.4) is 0 Å². The fraction of sp³-hybridized carbons (Fsp3) is 0.615. The van der Waals surface area contributed by atoms with Gasteiger partial charge in [0, 0.05) is 19.5 Å². The second-order valence-electron chi connectivity index (χ2n) is 4.14. The summed E-state index contributed by atoms with van der Waals surface area (Å²) in [5.41, 5.74) is 1.25. The van der Waals surface area contributed by atoms with Crippen LogP contribution < -0.4 is 0 Å². The van der Waals surface area contributed by atoms with Crippen molar-refractivity contribution in [3.05, 3.63) is 24.3 Å². The first-order valence-corrected chi connectivity index (χ1v) is 5.95. The van der Waals surface area contributed by atoms with Crippen LogP contribution in [0.4, 0.5) is 0 Å². The molecule has 0 saturated heterocycles. The molecule has 0 spiro atoms. The van der Waals surface area contributed by atoms with Gasteiger partial charge in [0.05, 0.1) is 6.61 Å². The van der Waals surface area contributed by atoms with Gasteiger partial charge in [0.25, 0.3) is 0 Å². The monoisotopic (exact) mass is 223 g/mol. The van der Waals surface area contributed by atoms with Crippen LogP contribution in [0.1, 0.15) is 32.1 Å². The van der Waals surface area contributed by atoms with E-state index in [1.165, 1.54) is 18.4 Å². The molecular weight excluding hydrogens is 202 g/mol. The molecule has 0 aromatic carbocycles. The lowest BCUT2D eigenvalue weighted by atomic mass is 9.97. The Morgan fingerprint density at radius 2 is 2.38 bits per heavy atom. The topological polar surface area (TPSA) is 40.5 Å². The molecule has 0 aromatic heterocycles. The van der Waals surface area contributed by atoms with Crippen LogP contribution in [-0.4, -0.2) is 35.6 Å². The van der Waals surface area contributed by atoms with Crippen molar-refractivity contribution in [3.63, 3.8) is 0 Å². The molecule has 0 aliphatic heterocycles. The molecule has 1 N–H and O–H groups in total. The van der Waals surface area contributed by atoms with E-state index >= 15 is 0 Å². The number of allylic oxidation sites excluding steroid dienone is 1. The smallest absolute Gasteiger partial charge is 0.227 e. The summed E-state index contributed by atoms with van der Waals surface area (Å²) in [4.78, 5) is 13.6. The van der Waals surface area contributed by atoms with Crippen LogP contribution >= 0.6 is 0 Å². The minimum absolute atomic E-state index is 0.0125. The summed E-state index contributed by atoms with van der Waals surface area (Å²) in [6.45, 7) is 4.56. The molecule has 3 nitrogen and oxygen atoms in total. The maximum atomic E-state index is 11.9. The van der Waals surface area contributed by atoms with Gasteiger partial charge < -0.3 is 10.0 Å². The average molecular weight is 223 g/mol. The predicted molar refractivity (Wildman–Crippen MR) is 65.0 cm³/mol. The zero-order valence-electron chi connectivity index (χ0n) is 9.82. The van der Waals surface area contributed by atoms with Crippen molar-refractivity contribution in [1.82, 2.24) is 4.90 Å². The highest BCUT2D eigenvalue weighted by molar-refractivity contribution is 5.78. The second kappa shape index (κ2) is 7.23. The minimum atomic E-state index is 0.0125. The molecule has 3 heteroatoms. The zero-order valence-corrected chi connectivity index (χ0v) is 9.82. The van der Waals surface area contributed by atoms with Gasteiger partial charge in [0.15, 0.2) is 0 Å². The summed E-state index contributed by atoms with van der Waals surface area (Å²) >= 11 is 0. The van der Waals surface area contributed by atoms with E-state index in [4.69, 9.17) is 5.11 Å². The van der Waals surface area contributed by atoms with Gasteiger partial charge in [-0.15, -0.1) is 6.58 Å². The number of aliphatic hydroxyl groups is 1. The van der Waals surface area contributed by atoms with Crippen LogP contribution in [0.25, 0.3) is 0 Å². The van der Waals surface area contributed by atoms with Crippen LogP contribution in [0.5, 0.6) is 0 Å². The van der Waals surface area contributed by atoms with Gasteiger partial charge in [0.1, 0.15) is 0 Å². The molecule has 1 aliphatic carbocycles. The third-order valence-electron chi connectivity index (χ3n) is 2.84. The number of rotatable bonds is 6. The van der Waals surface area contributed by atoms with Crippen LogP contribution in [-0.2, 0) is 4.79 Å². The van der Waals surface area contributed by atoms with E-state index < -0.39 is 0 Å². The van der Waals surface area contributed by atoms with Gasteiger partial charge in [-0.1, -0.05) is 17.7 Å². The van der Waals surface area contributed by atoms with Gasteiger partial charge in [-0.3, -0.25) is 4.79 Å². The Balaban J connectivity index is 2.46. The summed E-state index contributed by atoms with van der Waals surface area (Å²) in [6, 6.07) is 0. The molecule has 0 unspecified atom stereocenters. The van der Waals surface area contributed by atoms with Crippen molar-refractivity contribution in [2.45, 2.75) is 32.1 Å². The summed E-state index contributed by atoms with van der Waals surface area (Å²) < 4.78 is 0. The maximum absolute atomic E-state index is 11.9. The summed E-state index contributed by atoms with van der Waals surface area (Å²) in [7, 11) is 0. The molecule has 1 amide bonds. The molecule has 0 fully saturated rings. The number of hydrogen-bond acceptors (Lipinski definition) is 2. The molecule has 0 heterocycles. The molecule has 0 aromatic rings. The summed E-state index contributed by atoms with van der Waals surface area (Å²) in [6.07, 6.45) is 8.98. The van der Waals surface area contributed by atoms with Crippen LogP contribution in [0, 0.1) is 0 Å². The quantitative estimate of drug-likeness (QED) is 0.698. The van der Waals surface area contributed by atoms with E-state index in [2.05, 4.69) is 12.7 Å². The fourth-order valence-electron chi connectivity index (χ4n) is 1.97. The van der Waals surface area contributed by atoms with E-state index in [9.17, 15) is 4.79 Å². The van der Waals surface area contributed by atoms with Crippen molar-refractivity contribution in [2.24, 2.45) is 0 Å². The lowest BCUT2D eigenvalue weighted by Gasteiger charge is -2.21. The lowest BCUT2D eigenvalue weighted by Crippen LogP contribution is -2.33. The average Bonchev–Trinajstić information content (AvgIpc) is 2.30. The number of carbonyl (C=O) groups excluding carboxylic acids is 1. The Morgan fingerprint density at radius 1 is 1.56 bits per heavy atom. The Hall–Kier alpha value is -1.09. The van der Waals surface area contributed by atoms with Gasteiger partial charge in [-0.2, -0.15) is 0 Å². The van der Waals surface area contributed by atoms with Crippen molar-refractivity contribution < 1.29 is 9.90 Å². The first kappa shape index (κ1) is 13.0. The molecule has 1 rings (SSSR count). The van der Waals surface area contributed by atoms with Crippen molar-refractivity contribution in [1.29, 1.82) is 0 Å². The first-order chi connectivity index (χ1) is 7.77. The highest BCUT2D eigenvalue weighted by atomic mass is 16.3. The van der Waals surface area contributed by atoms with E-state index in [0.29, 0.717) is 19.5 Å². The fourth-order valence-corrected chi connectivity index (χ4v) is 1.97. The van der Waals surface area contributed by atoms with Crippen molar-refractivity contribution >= 4 is 5.91 Å². The second-order valence-corrected chi connectivity index (χ2v) is 4.14. The van der Waals surface area contributed by atoms with Gasteiger partial charge in [0.2, 0.25) is 5.91 Å². The first-order valence-electron chi connectivity index (χ1n) is 5.95. The molecule has 90 valence electrons. The van der Waals surface area contributed by atoms with Gasteiger partial charge >= 0.3 is 0 Å². The largest absolute Gasteiger partial charge is 0.395 e. The van der Waals surface area contributed by atoms with E-state index in [0.717, 1.165) is 12.8 Å². The summed E-state index contributed by atoms with van der Waals surface area (Å²) in [5, 5.41) is 8.88. The van der Waals surface area contributed by atoms with E-state index in [1.807, 2.05) is 0 Å². The highest BCUT2D eigenvalue weighted by Crippen LogP contribution is 2.20. The molecule has 0 bridgehead atoms.